The van der Waals surface area contributed by atoms with Crippen LogP contribution in [0.4, 0.5) is 27.5 Å². The lowest BCUT2D eigenvalue weighted by Crippen LogP contribution is -2.37. The van der Waals surface area contributed by atoms with Crippen LogP contribution in [0.5, 0.6) is 0 Å². The van der Waals surface area contributed by atoms with Crippen LogP contribution in [0.25, 0.3) is 0 Å². The second-order valence-corrected chi connectivity index (χ2v) is 5.96. The minimum Gasteiger partial charge on any atom is -0.373 e. The molecule has 2 aromatic carbocycles. The molecule has 8 heteroatoms. The number of anilines is 4. The Morgan fingerprint density at radius 2 is 1.70 bits per heavy atom. The molecule has 8 nitrogen and oxygen atoms in total. The van der Waals surface area contributed by atoms with Gasteiger partial charge in [0.05, 0.1) is 0 Å². The van der Waals surface area contributed by atoms with E-state index in [1.807, 2.05) is 13.0 Å². The SMILES string of the molecule is CNC(=O)Nc1cccc(C(C)Nc2c(Nc3ccncc3)c(=O)c2=O)c1. The Morgan fingerprint density at radius 3 is 2.41 bits per heavy atom. The number of carbonyl (C=O) groups excluding carboxylic acids is 1. The number of aromatic nitrogens is 1. The third-order valence-corrected chi connectivity index (χ3v) is 4.09. The summed E-state index contributed by atoms with van der Waals surface area (Å²) in [5.41, 5.74) is 1.51. The quantitative estimate of drug-likeness (QED) is 0.499. The Morgan fingerprint density at radius 1 is 1.00 bits per heavy atom. The van der Waals surface area contributed by atoms with Crippen molar-refractivity contribution in [1.29, 1.82) is 0 Å². The molecule has 1 aromatic heterocycles. The highest BCUT2D eigenvalue weighted by Crippen LogP contribution is 2.26. The number of benzene rings is 1. The van der Waals surface area contributed by atoms with Crippen molar-refractivity contribution in [3.63, 3.8) is 0 Å². The van der Waals surface area contributed by atoms with E-state index in [-0.39, 0.29) is 23.4 Å². The smallest absolute Gasteiger partial charge is 0.318 e. The summed E-state index contributed by atoms with van der Waals surface area (Å²) in [7, 11) is 1.53. The number of nitrogens with one attached hydrogen (secondary N) is 4. The number of hydrogen-bond donors (Lipinski definition) is 4. The molecule has 0 spiro atoms. The second-order valence-electron chi connectivity index (χ2n) is 5.96. The fourth-order valence-corrected chi connectivity index (χ4v) is 2.61. The number of urea groups is 1. The average Bonchev–Trinajstić information content (AvgIpc) is 2.71. The maximum absolute atomic E-state index is 12.0. The summed E-state index contributed by atoms with van der Waals surface area (Å²) < 4.78 is 0. The van der Waals surface area contributed by atoms with Crippen LogP contribution in [-0.4, -0.2) is 18.1 Å². The van der Waals surface area contributed by atoms with Crippen molar-refractivity contribution in [2.75, 3.05) is 23.0 Å². The number of hydrogen-bond acceptors (Lipinski definition) is 6. The molecule has 0 aliphatic rings. The Hall–Kier alpha value is -3.68. The van der Waals surface area contributed by atoms with Gasteiger partial charge in [-0.15, -0.1) is 0 Å². The van der Waals surface area contributed by atoms with Gasteiger partial charge in [0.1, 0.15) is 11.4 Å². The normalized spacial score (nSPS) is 11.6. The lowest BCUT2D eigenvalue weighted by Gasteiger charge is -2.20. The van der Waals surface area contributed by atoms with Crippen LogP contribution in [0.2, 0.25) is 0 Å². The largest absolute Gasteiger partial charge is 0.373 e. The fourth-order valence-electron chi connectivity index (χ4n) is 2.61. The predicted octanol–water partition coefficient (Wildman–Crippen LogP) is 2.35. The first-order chi connectivity index (χ1) is 13.0. The van der Waals surface area contributed by atoms with Gasteiger partial charge in [0, 0.05) is 36.9 Å². The van der Waals surface area contributed by atoms with Crippen LogP contribution >= 0.6 is 0 Å². The first kappa shape index (κ1) is 18.1. The molecule has 0 radical (unpaired) electrons. The van der Waals surface area contributed by atoms with Crippen molar-refractivity contribution in [2.24, 2.45) is 0 Å². The van der Waals surface area contributed by atoms with E-state index in [0.29, 0.717) is 11.4 Å². The standard InChI is InChI=1S/C19H19N5O3/c1-11(12-4-3-5-14(10-12)24-19(27)20-2)22-15-16(18(26)17(15)25)23-13-6-8-21-9-7-13/h3-11,22H,1-2H3,(H,21,23)(H2,20,24,27). The highest BCUT2D eigenvalue weighted by Gasteiger charge is 2.23. The summed E-state index contributed by atoms with van der Waals surface area (Å²) in [5.74, 6) is 0. The van der Waals surface area contributed by atoms with Gasteiger partial charge >= 0.3 is 6.03 Å². The topological polar surface area (TPSA) is 112 Å². The van der Waals surface area contributed by atoms with Crippen LogP contribution in [0.3, 0.4) is 0 Å². The lowest BCUT2D eigenvalue weighted by atomic mass is 10.1. The maximum atomic E-state index is 12.0. The van der Waals surface area contributed by atoms with Crippen LogP contribution in [0, 0.1) is 0 Å². The van der Waals surface area contributed by atoms with E-state index in [2.05, 4.69) is 26.3 Å². The molecular weight excluding hydrogens is 346 g/mol. The van der Waals surface area contributed by atoms with Crippen molar-refractivity contribution in [2.45, 2.75) is 13.0 Å². The Kier molecular flexibility index (Phi) is 5.16. The van der Waals surface area contributed by atoms with Crippen LogP contribution in [0.15, 0.2) is 58.4 Å². The second kappa shape index (κ2) is 7.69. The molecule has 3 aromatic rings. The molecule has 0 aliphatic carbocycles. The Labute approximate surface area is 155 Å². The van der Waals surface area contributed by atoms with Crippen molar-refractivity contribution < 1.29 is 4.79 Å². The van der Waals surface area contributed by atoms with Gasteiger partial charge in [0.15, 0.2) is 0 Å². The minimum atomic E-state index is -0.559. The van der Waals surface area contributed by atoms with E-state index in [9.17, 15) is 14.4 Å². The lowest BCUT2D eigenvalue weighted by molar-refractivity contribution is 0.254. The number of amides is 2. The van der Waals surface area contributed by atoms with E-state index in [1.54, 1.807) is 42.7 Å². The molecule has 0 saturated heterocycles. The van der Waals surface area contributed by atoms with Crippen LogP contribution < -0.4 is 32.1 Å². The van der Waals surface area contributed by atoms with Crippen LogP contribution in [-0.2, 0) is 0 Å². The molecule has 27 heavy (non-hydrogen) atoms. The highest BCUT2D eigenvalue weighted by atomic mass is 16.2. The number of rotatable bonds is 6. The molecule has 1 atom stereocenters. The molecular formula is C19H19N5O3. The number of pyridine rings is 1. The third kappa shape index (κ3) is 3.95. The van der Waals surface area contributed by atoms with Gasteiger partial charge in [-0.3, -0.25) is 14.6 Å². The molecule has 1 heterocycles. The Bertz CT molecular complexity index is 1030. The van der Waals surface area contributed by atoms with Gasteiger partial charge in [-0.05, 0) is 36.8 Å². The highest BCUT2D eigenvalue weighted by molar-refractivity contribution is 5.89. The summed E-state index contributed by atoms with van der Waals surface area (Å²) >= 11 is 0. The molecule has 0 fully saturated rings. The van der Waals surface area contributed by atoms with E-state index in [0.717, 1.165) is 5.56 Å². The first-order valence-corrected chi connectivity index (χ1v) is 8.35. The van der Waals surface area contributed by atoms with Gasteiger partial charge in [-0.2, -0.15) is 0 Å². The molecule has 0 aliphatic heterocycles. The molecule has 138 valence electrons. The molecule has 0 bridgehead atoms. The summed E-state index contributed by atoms with van der Waals surface area (Å²) in [6.07, 6.45) is 3.18. The van der Waals surface area contributed by atoms with Gasteiger partial charge < -0.3 is 21.3 Å². The van der Waals surface area contributed by atoms with Gasteiger partial charge in [-0.1, -0.05) is 12.1 Å². The summed E-state index contributed by atoms with van der Waals surface area (Å²) in [6.45, 7) is 1.87. The predicted molar refractivity (Wildman–Crippen MR) is 105 cm³/mol. The van der Waals surface area contributed by atoms with E-state index in [1.165, 1.54) is 7.05 Å². The first-order valence-electron chi connectivity index (χ1n) is 8.35. The van der Waals surface area contributed by atoms with E-state index < -0.39 is 10.9 Å². The van der Waals surface area contributed by atoms with Crippen molar-refractivity contribution in [3.05, 3.63) is 74.8 Å². The minimum absolute atomic E-state index is 0.234. The van der Waals surface area contributed by atoms with Gasteiger partial charge in [0.25, 0.3) is 10.9 Å². The molecule has 0 saturated carbocycles. The molecule has 2 amide bonds. The fraction of sp³-hybridized carbons (Fsp3) is 0.158. The molecule has 4 N–H and O–H groups in total. The zero-order valence-corrected chi connectivity index (χ0v) is 14.9. The van der Waals surface area contributed by atoms with E-state index in [4.69, 9.17) is 0 Å². The zero-order chi connectivity index (χ0) is 19.4. The van der Waals surface area contributed by atoms with Crippen molar-refractivity contribution in [3.8, 4) is 0 Å². The molecule has 3 rings (SSSR count). The van der Waals surface area contributed by atoms with E-state index >= 15 is 0 Å². The van der Waals surface area contributed by atoms with Crippen LogP contribution in [0.1, 0.15) is 18.5 Å². The Balaban J connectivity index is 1.77. The summed E-state index contributed by atoms with van der Waals surface area (Å²) in [5, 5.41) is 11.2. The van der Waals surface area contributed by atoms with Crippen molar-refractivity contribution in [1.82, 2.24) is 10.3 Å². The average molecular weight is 365 g/mol. The number of carbonyl (C=O) groups is 1. The molecule has 1 unspecified atom stereocenters. The zero-order valence-electron chi connectivity index (χ0n) is 14.9. The van der Waals surface area contributed by atoms with Gasteiger partial charge in [-0.25, -0.2) is 4.79 Å². The number of nitrogens with zero attached hydrogens (tertiary/aromatic N) is 1. The monoisotopic (exact) mass is 365 g/mol. The van der Waals surface area contributed by atoms with Gasteiger partial charge in [0.2, 0.25) is 0 Å². The summed E-state index contributed by atoms with van der Waals surface area (Å²) in [4.78, 5) is 39.3. The third-order valence-electron chi connectivity index (χ3n) is 4.09. The summed E-state index contributed by atoms with van der Waals surface area (Å²) in [6, 6.07) is 10.1. The maximum Gasteiger partial charge on any atom is 0.318 e. The van der Waals surface area contributed by atoms with Crippen molar-refractivity contribution >= 4 is 28.8 Å².